The highest BCUT2D eigenvalue weighted by Crippen LogP contribution is 2.44. The molecule has 0 aliphatic carbocycles. The first-order valence-corrected chi connectivity index (χ1v) is 14.4. The molecule has 2 aliphatic rings. The smallest absolute Gasteiger partial charge is 0.387 e. The molecule has 5 rings (SSSR count). The number of fused-ring (bicyclic) bond motifs is 1. The zero-order chi connectivity index (χ0) is 29.4. The summed E-state index contributed by atoms with van der Waals surface area (Å²) < 4.78 is 84.9. The number of benzene rings is 3. The summed E-state index contributed by atoms with van der Waals surface area (Å²) in [6, 6.07) is 14.1. The van der Waals surface area contributed by atoms with E-state index in [1.165, 1.54) is 34.6 Å². The number of anilines is 1. The first-order chi connectivity index (χ1) is 19.5. The van der Waals surface area contributed by atoms with Gasteiger partial charge in [0.05, 0.1) is 22.5 Å². The Hall–Kier alpha value is -3.77. The summed E-state index contributed by atoms with van der Waals surface area (Å²) in [7, 11) is -4.16. The molecular weight excluding hydrogens is 563 g/mol. The maximum absolute atomic E-state index is 14.3. The second kappa shape index (κ2) is 11.2. The normalized spacial score (nSPS) is 18.5. The van der Waals surface area contributed by atoms with E-state index in [2.05, 4.69) is 4.74 Å². The van der Waals surface area contributed by atoms with Gasteiger partial charge in [-0.2, -0.15) is 8.78 Å². The molecule has 1 atom stereocenters. The number of ether oxygens (including phenoxy) is 3. The van der Waals surface area contributed by atoms with Gasteiger partial charge in [-0.1, -0.05) is 18.2 Å². The van der Waals surface area contributed by atoms with Gasteiger partial charge < -0.3 is 19.3 Å². The third-order valence-electron chi connectivity index (χ3n) is 7.42. The Kier molecular flexibility index (Phi) is 7.89. The molecule has 218 valence electrons. The summed E-state index contributed by atoms with van der Waals surface area (Å²) in [5.74, 6) is -2.00. The molecule has 3 aromatic carbocycles. The Morgan fingerprint density at radius 3 is 2.54 bits per heavy atom. The van der Waals surface area contributed by atoms with Crippen LogP contribution in [0.4, 0.5) is 18.9 Å². The molecule has 0 saturated carbocycles. The summed E-state index contributed by atoms with van der Waals surface area (Å²) in [6.07, 6.45) is -0.199. The molecule has 0 amide bonds. The van der Waals surface area contributed by atoms with Gasteiger partial charge in [-0.15, -0.1) is 0 Å². The van der Waals surface area contributed by atoms with Crippen LogP contribution in [0.2, 0.25) is 0 Å². The molecule has 0 bridgehead atoms. The van der Waals surface area contributed by atoms with Crippen molar-refractivity contribution in [2.75, 3.05) is 24.1 Å². The summed E-state index contributed by atoms with van der Waals surface area (Å²) in [5.41, 5.74) is 0.258. The number of halogens is 3. The van der Waals surface area contributed by atoms with Gasteiger partial charge in [0.25, 0.3) is 10.0 Å². The van der Waals surface area contributed by atoms with Gasteiger partial charge in [0.15, 0.2) is 0 Å². The fourth-order valence-electron chi connectivity index (χ4n) is 5.33. The van der Waals surface area contributed by atoms with E-state index in [0.717, 1.165) is 17.7 Å². The Balaban J connectivity index is 1.58. The number of carboxylic acids is 1. The maximum atomic E-state index is 14.3. The van der Waals surface area contributed by atoms with Crippen LogP contribution in [0.25, 0.3) is 11.1 Å². The number of aryl methyl sites for hydroxylation is 1. The van der Waals surface area contributed by atoms with Crippen LogP contribution in [0.1, 0.15) is 24.8 Å². The van der Waals surface area contributed by atoms with E-state index in [4.69, 9.17) is 9.47 Å². The van der Waals surface area contributed by atoms with Crippen molar-refractivity contribution in [3.05, 3.63) is 72.0 Å². The van der Waals surface area contributed by atoms with Crippen LogP contribution in [0.3, 0.4) is 0 Å². The van der Waals surface area contributed by atoms with E-state index in [9.17, 15) is 31.5 Å². The Bertz CT molecular complexity index is 1560. The fraction of sp³-hybridized carbons (Fsp3) is 0.345. The number of aliphatic carboxylic acids is 1. The lowest BCUT2D eigenvalue weighted by Crippen LogP contribution is -2.48. The van der Waals surface area contributed by atoms with Gasteiger partial charge in [0.2, 0.25) is 0 Å². The van der Waals surface area contributed by atoms with E-state index in [1.807, 2.05) is 0 Å². The summed E-state index contributed by atoms with van der Waals surface area (Å²) in [4.78, 5) is 12.4. The number of hydrogen-bond acceptors (Lipinski definition) is 6. The lowest BCUT2D eigenvalue weighted by atomic mass is 9.75. The summed E-state index contributed by atoms with van der Waals surface area (Å²) >= 11 is 0. The largest absolute Gasteiger partial charge is 0.486 e. The molecule has 0 radical (unpaired) electrons. The molecule has 0 aromatic heterocycles. The van der Waals surface area contributed by atoms with E-state index in [-0.39, 0.29) is 66.7 Å². The molecule has 1 fully saturated rings. The molecule has 1 N–H and O–H groups in total. The van der Waals surface area contributed by atoms with Gasteiger partial charge in [-0.05, 0) is 72.9 Å². The third-order valence-corrected chi connectivity index (χ3v) is 9.20. The summed E-state index contributed by atoms with van der Waals surface area (Å²) in [5, 5.41) is 10.1. The maximum Gasteiger partial charge on any atom is 0.387 e. The quantitative estimate of drug-likeness (QED) is 0.362. The van der Waals surface area contributed by atoms with Gasteiger partial charge in [-0.3, -0.25) is 9.10 Å². The van der Waals surface area contributed by atoms with Crippen molar-refractivity contribution < 1.29 is 45.7 Å². The highest BCUT2D eigenvalue weighted by molar-refractivity contribution is 7.92. The van der Waals surface area contributed by atoms with Crippen LogP contribution in [0.15, 0.2) is 65.6 Å². The Morgan fingerprint density at radius 2 is 1.85 bits per heavy atom. The van der Waals surface area contributed by atoms with Crippen LogP contribution in [0, 0.1) is 18.2 Å². The molecule has 0 unspecified atom stereocenters. The molecule has 3 aromatic rings. The van der Waals surface area contributed by atoms with Crippen molar-refractivity contribution in [1.82, 2.24) is 0 Å². The van der Waals surface area contributed by atoms with E-state index in [1.54, 1.807) is 25.1 Å². The van der Waals surface area contributed by atoms with E-state index < -0.39 is 39.9 Å². The summed E-state index contributed by atoms with van der Waals surface area (Å²) in [6.45, 7) is -1.02. The number of hydrogen-bond donors (Lipinski definition) is 1. The van der Waals surface area contributed by atoms with Crippen LogP contribution >= 0.6 is 0 Å². The van der Waals surface area contributed by atoms with Crippen molar-refractivity contribution in [1.29, 1.82) is 0 Å². The van der Waals surface area contributed by atoms with Crippen LogP contribution in [-0.2, 0) is 19.6 Å². The minimum Gasteiger partial charge on any atom is -0.486 e. The second-order valence-electron chi connectivity index (χ2n) is 10.2. The zero-order valence-electron chi connectivity index (χ0n) is 22.1. The van der Waals surface area contributed by atoms with Crippen LogP contribution in [-0.4, -0.2) is 52.0 Å². The van der Waals surface area contributed by atoms with Gasteiger partial charge in [0.1, 0.15) is 23.4 Å². The van der Waals surface area contributed by atoms with Gasteiger partial charge in [0, 0.05) is 25.7 Å². The molecule has 2 aliphatic heterocycles. The first kappa shape index (κ1) is 28.7. The molecule has 0 spiro atoms. The molecule has 1 saturated heterocycles. The molecule has 41 heavy (non-hydrogen) atoms. The number of carbonyl (C=O) groups is 1. The van der Waals surface area contributed by atoms with Gasteiger partial charge in [-0.25, -0.2) is 12.8 Å². The average molecular weight is 592 g/mol. The van der Waals surface area contributed by atoms with Crippen LogP contribution < -0.4 is 13.8 Å². The monoisotopic (exact) mass is 591 g/mol. The topological polar surface area (TPSA) is 102 Å². The number of rotatable bonds is 8. The number of carboxylic acid groups (broad SMARTS) is 1. The highest BCUT2D eigenvalue weighted by Gasteiger charge is 2.45. The van der Waals surface area contributed by atoms with E-state index in [0.29, 0.717) is 5.56 Å². The van der Waals surface area contributed by atoms with Crippen molar-refractivity contribution in [2.24, 2.45) is 5.41 Å². The minimum absolute atomic E-state index is 0.0342. The molecule has 12 heteroatoms. The van der Waals surface area contributed by atoms with Crippen LogP contribution in [0.5, 0.6) is 11.5 Å². The number of alkyl halides is 2. The van der Waals surface area contributed by atoms with E-state index >= 15 is 0 Å². The average Bonchev–Trinajstić information content (AvgIpc) is 2.92. The third kappa shape index (κ3) is 5.98. The molecular formula is C29H28F3NO7S. The van der Waals surface area contributed by atoms with Crippen molar-refractivity contribution in [3.63, 3.8) is 0 Å². The number of sulfonamides is 1. The van der Waals surface area contributed by atoms with Crippen molar-refractivity contribution >= 4 is 21.7 Å². The fourth-order valence-corrected chi connectivity index (χ4v) is 6.94. The van der Waals surface area contributed by atoms with Crippen molar-refractivity contribution in [3.8, 4) is 22.6 Å². The highest BCUT2D eigenvalue weighted by atomic mass is 32.2. The molecule has 8 nitrogen and oxygen atoms in total. The lowest BCUT2D eigenvalue weighted by molar-refractivity contribution is -0.157. The van der Waals surface area contributed by atoms with Gasteiger partial charge >= 0.3 is 12.6 Å². The SMILES string of the molecule is Cc1cccc(S(=O)(=O)N2C[C@H](CC3(C(=O)O)CCOCC3)Oc3ccc(-c4cc(F)cc(OC(F)F)c4)cc32)c1. The Morgan fingerprint density at radius 1 is 1.10 bits per heavy atom. The second-order valence-corrected chi connectivity index (χ2v) is 12.1. The number of nitrogens with zero attached hydrogens (tertiary/aromatic N) is 1. The first-order valence-electron chi connectivity index (χ1n) is 12.9. The lowest BCUT2D eigenvalue weighted by Gasteiger charge is -2.40. The minimum atomic E-state index is -4.16. The predicted octanol–water partition coefficient (Wildman–Crippen LogP) is 5.63. The molecule has 2 heterocycles. The Labute approximate surface area is 235 Å². The van der Waals surface area contributed by atoms with Crippen molar-refractivity contribution in [2.45, 2.75) is 43.8 Å². The predicted molar refractivity (Wildman–Crippen MR) is 143 cm³/mol. The zero-order valence-corrected chi connectivity index (χ0v) is 22.9. The standard InChI is InChI=1S/C29H28F3NO7S/c1-18-3-2-4-24(11-18)41(36,37)33-17-23(16-29(27(34)35)7-9-38-10-8-29)39-26-6-5-19(14-25(26)33)20-12-21(30)15-22(13-20)40-28(31)32/h2-6,11-15,23,28H,7-10,16-17H2,1H3,(H,34,35)/t23-/m0/s1.